The summed E-state index contributed by atoms with van der Waals surface area (Å²) in [5.41, 5.74) is 0. The second kappa shape index (κ2) is 7.35. The summed E-state index contributed by atoms with van der Waals surface area (Å²) in [5, 5.41) is 0. The molecule has 0 bridgehead atoms. The largest absolute Gasteiger partial charge is 0.0651 e. The number of hydrogen-bond acceptors (Lipinski definition) is 0. The van der Waals surface area contributed by atoms with Crippen LogP contribution in [0.25, 0.3) is 0 Å². The van der Waals surface area contributed by atoms with Gasteiger partial charge < -0.3 is 0 Å². The Morgan fingerprint density at radius 3 is 1.44 bits per heavy atom. The van der Waals surface area contributed by atoms with E-state index in [1.54, 1.807) is 0 Å². The minimum Gasteiger partial charge on any atom is -0.0651 e. The monoisotopic (exact) mass is 226 g/mol. The number of rotatable bonds is 7. The van der Waals surface area contributed by atoms with E-state index >= 15 is 0 Å². The average Bonchev–Trinajstić information content (AvgIpc) is 2.26. The van der Waals surface area contributed by atoms with Crippen molar-refractivity contribution in [1.82, 2.24) is 0 Å². The van der Waals surface area contributed by atoms with E-state index in [1.165, 1.54) is 12.8 Å². The molecule has 0 aromatic rings. The van der Waals surface area contributed by atoms with Crippen molar-refractivity contribution in [3.05, 3.63) is 0 Å². The van der Waals surface area contributed by atoms with Crippen LogP contribution in [0.5, 0.6) is 0 Å². The SMILES string of the molecule is CCC(C)C(C)C(C)C(C)C(CC)C(C)C. The normalized spacial score (nSPS) is 21.6. The van der Waals surface area contributed by atoms with Gasteiger partial charge in [-0.25, -0.2) is 0 Å². The van der Waals surface area contributed by atoms with Gasteiger partial charge in [-0.15, -0.1) is 0 Å². The van der Waals surface area contributed by atoms with Crippen molar-refractivity contribution in [1.29, 1.82) is 0 Å². The molecule has 0 rings (SSSR count). The second-order valence-electron chi connectivity index (χ2n) is 6.28. The first-order chi connectivity index (χ1) is 7.36. The van der Waals surface area contributed by atoms with Gasteiger partial charge >= 0.3 is 0 Å². The lowest BCUT2D eigenvalue weighted by Gasteiger charge is -2.36. The Kier molecular flexibility index (Phi) is 7.35. The summed E-state index contributed by atoms with van der Waals surface area (Å²) in [7, 11) is 0. The Balaban J connectivity index is 4.51. The van der Waals surface area contributed by atoms with E-state index in [0.29, 0.717) is 0 Å². The second-order valence-corrected chi connectivity index (χ2v) is 6.28. The highest BCUT2D eigenvalue weighted by molar-refractivity contribution is 4.78. The first-order valence-corrected chi connectivity index (χ1v) is 7.36. The van der Waals surface area contributed by atoms with Crippen LogP contribution in [0, 0.1) is 35.5 Å². The molecule has 0 aliphatic carbocycles. The molecule has 0 amide bonds. The Labute approximate surface area is 104 Å². The highest BCUT2D eigenvalue weighted by Crippen LogP contribution is 2.36. The summed E-state index contributed by atoms with van der Waals surface area (Å²) in [4.78, 5) is 0. The van der Waals surface area contributed by atoms with Crippen LogP contribution in [0.2, 0.25) is 0 Å². The molecule has 0 heterocycles. The van der Waals surface area contributed by atoms with Crippen molar-refractivity contribution < 1.29 is 0 Å². The smallest absolute Gasteiger partial charge is 0.0365 e. The Morgan fingerprint density at radius 2 is 1.12 bits per heavy atom. The Bertz CT molecular complexity index is 171. The van der Waals surface area contributed by atoms with Gasteiger partial charge in [-0.05, 0) is 35.5 Å². The standard InChI is InChI=1S/C16H34/c1-9-12(5)13(6)14(7)15(8)16(10-2)11(3)4/h11-16H,9-10H2,1-8H3. The molecule has 0 aromatic carbocycles. The van der Waals surface area contributed by atoms with E-state index < -0.39 is 0 Å². The molecular weight excluding hydrogens is 192 g/mol. The molecule has 16 heavy (non-hydrogen) atoms. The molecular formula is C16H34. The fourth-order valence-electron chi connectivity index (χ4n) is 3.21. The van der Waals surface area contributed by atoms with Crippen molar-refractivity contribution >= 4 is 0 Å². The van der Waals surface area contributed by atoms with Crippen molar-refractivity contribution in [2.75, 3.05) is 0 Å². The van der Waals surface area contributed by atoms with Gasteiger partial charge in [0.25, 0.3) is 0 Å². The summed E-state index contributed by atoms with van der Waals surface area (Å²) in [6.07, 6.45) is 2.65. The average molecular weight is 226 g/mol. The van der Waals surface area contributed by atoms with E-state index in [0.717, 1.165) is 35.5 Å². The summed E-state index contributed by atoms with van der Waals surface area (Å²) in [6.45, 7) is 19.2. The zero-order valence-electron chi connectivity index (χ0n) is 12.9. The van der Waals surface area contributed by atoms with Gasteiger partial charge in [0.2, 0.25) is 0 Å². The first-order valence-electron chi connectivity index (χ1n) is 7.36. The lowest BCUT2D eigenvalue weighted by Crippen LogP contribution is -2.29. The third-order valence-electron chi connectivity index (χ3n) is 5.20. The Hall–Kier alpha value is 0. The summed E-state index contributed by atoms with van der Waals surface area (Å²) >= 11 is 0. The van der Waals surface area contributed by atoms with Crippen molar-refractivity contribution in [2.24, 2.45) is 35.5 Å². The molecule has 0 N–H and O–H groups in total. The van der Waals surface area contributed by atoms with Gasteiger partial charge in [0.1, 0.15) is 0 Å². The van der Waals surface area contributed by atoms with E-state index in [2.05, 4.69) is 55.4 Å². The number of hydrogen-bond donors (Lipinski definition) is 0. The van der Waals surface area contributed by atoms with E-state index in [1.807, 2.05) is 0 Å². The molecule has 98 valence electrons. The molecule has 0 aliphatic heterocycles. The first kappa shape index (κ1) is 16.0. The van der Waals surface area contributed by atoms with Gasteiger partial charge in [0.15, 0.2) is 0 Å². The van der Waals surface area contributed by atoms with Crippen LogP contribution in [0.15, 0.2) is 0 Å². The maximum absolute atomic E-state index is 2.47. The Morgan fingerprint density at radius 1 is 0.625 bits per heavy atom. The van der Waals surface area contributed by atoms with E-state index in [4.69, 9.17) is 0 Å². The molecule has 0 saturated heterocycles. The van der Waals surface area contributed by atoms with Crippen molar-refractivity contribution in [3.63, 3.8) is 0 Å². The summed E-state index contributed by atoms with van der Waals surface area (Å²) in [5.74, 6) is 5.14. The summed E-state index contributed by atoms with van der Waals surface area (Å²) in [6, 6.07) is 0. The molecule has 0 aliphatic rings. The third-order valence-corrected chi connectivity index (χ3v) is 5.20. The van der Waals surface area contributed by atoms with Gasteiger partial charge in [0, 0.05) is 0 Å². The van der Waals surface area contributed by atoms with Crippen molar-refractivity contribution in [2.45, 2.75) is 68.2 Å². The molecule has 5 unspecified atom stereocenters. The predicted octanol–water partition coefficient (Wildman–Crippen LogP) is 5.62. The summed E-state index contributed by atoms with van der Waals surface area (Å²) < 4.78 is 0. The lowest BCUT2D eigenvalue weighted by molar-refractivity contribution is 0.129. The zero-order valence-corrected chi connectivity index (χ0v) is 12.9. The molecule has 0 heteroatoms. The minimum absolute atomic E-state index is 0.826. The van der Waals surface area contributed by atoms with Crippen LogP contribution < -0.4 is 0 Å². The van der Waals surface area contributed by atoms with Crippen LogP contribution in [-0.4, -0.2) is 0 Å². The van der Waals surface area contributed by atoms with Crippen LogP contribution >= 0.6 is 0 Å². The molecule has 0 aromatic heterocycles. The lowest BCUT2D eigenvalue weighted by atomic mass is 9.69. The van der Waals surface area contributed by atoms with Gasteiger partial charge in [0.05, 0.1) is 0 Å². The maximum Gasteiger partial charge on any atom is -0.0365 e. The van der Waals surface area contributed by atoms with Gasteiger partial charge in [-0.2, -0.15) is 0 Å². The van der Waals surface area contributed by atoms with Crippen molar-refractivity contribution in [3.8, 4) is 0 Å². The van der Waals surface area contributed by atoms with Crippen LogP contribution in [0.4, 0.5) is 0 Å². The molecule has 5 atom stereocenters. The quantitative estimate of drug-likeness (QED) is 0.528. The zero-order chi connectivity index (χ0) is 12.9. The molecule has 0 nitrogen and oxygen atoms in total. The molecule has 0 saturated carbocycles. The highest BCUT2D eigenvalue weighted by Gasteiger charge is 2.28. The predicted molar refractivity (Wildman–Crippen MR) is 75.6 cm³/mol. The maximum atomic E-state index is 2.47. The molecule has 0 fully saturated rings. The van der Waals surface area contributed by atoms with E-state index in [-0.39, 0.29) is 0 Å². The molecule has 0 spiro atoms. The fourth-order valence-corrected chi connectivity index (χ4v) is 3.21. The van der Waals surface area contributed by atoms with Crippen LogP contribution in [-0.2, 0) is 0 Å². The van der Waals surface area contributed by atoms with Gasteiger partial charge in [-0.1, -0.05) is 68.2 Å². The third kappa shape index (κ3) is 4.11. The minimum atomic E-state index is 0.826. The van der Waals surface area contributed by atoms with E-state index in [9.17, 15) is 0 Å². The van der Waals surface area contributed by atoms with Crippen LogP contribution in [0.3, 0.4) is 0 Å². The fraction of sp³-hybridized carbons (Fsp3) is 1.00. The van der Waals surface area contributed by atoms with Crippen LogP contribution in [0.1, 0.15) is 68.2 Å². The topological polar surface area (TPSA) is 0 Å². The van der Waals surface area contributed by atoms with Gasteiger partial charge in [-0.3, -0.25) is 0 Å². The molecule has 0 radical (unpaired) electrons. The highest BCUT2D eigenvalue weighted by atomic mass is 14.3.